The molecule has 2 aromatic rings. The summed E-state index contributed by atoms with van der Waals surface area (Å²) in [6, 6.07) is 14.1. The van der Waals surface area contributed by atoms with E-state index in [-0.39, 0.29) is 11.1 Å². The van der Waals surface area contributed by atoms with Crippen LogP contribution in [0.5, 0.6) is 5.75 Å². The van der Waals surface area contributed by atoms with Crippen LogP contribution in [0.2, 0.25) is 0 Å². The van der Waals surface area contributed by atoms with E-state index in [2.05, 4.69) is 12.1 Å². The molecule has 0 heterocycles. The van der Waals surface area contributed by atoms with E-state index in [1.165, 1.54) is 0 Å². The lowest BCUT2D eigenvalue weighted by atomic mass is 10.1. The number of ether oxygens (including phenoxy) is 1. The van der Waals surface area contributed by atoms with Gasteiger partial charge in [-0.1, -0.05) is 55.7 Å². The Labute approximate surface area is 201 Å². The van der Waals surface area contributed by atoms with Crippen molar-refractivity contribution >= 4 is 24.6 Å². The van der Waals surface area contributed by atoms with Crippen LogP contribution in [0.1, 0.15) is 38.5 Å². The van der Waals surface area contributed by atoms with Crippen molar-refractivity contribution in [2.24, 2.45) is 0 Å². The molecular formula is C24H36NO8P. The molecule has 0 saturated carbocycles. The van der Waals surface area contributed by atoms with Crippen LogP contribution >= 0.6 is 7.82 Å². The summed E-state index contributed by atoms with van der Waals surface area (Å²) < 4.78 is 27.8. The average molecular weight is 498 g/mol. The van der Waals surface area contributed by atoms with Crippen LogP contribution in [0.25, 0.3) is 10.8 Å². The molecule has 0 aliphatic rings. The van der Waals surface area contributed by atoms with Gasteiger partial charge in [0.25, 0.3) is 0 Å². The van der Waals surface area contributed by atoms with Gasteiger partial charge in [0, 0.05) is 11.6 Å². The Morgan fingerprint density at radius 2 is 1.62 bits per heavy atom. The number of benzene rings is 2. The van der Waals surface area contributed by atoms with Gasteiger partial charge >= 0.3 is 13.8 Å². The summed E-state index contributed by atoms with van der Waals surface area (Å²) in [7, 11) is 0.143. The number of carboxylic acids is 1. The van der Waals surface area contributed by atoms with E-state index >= 15 is 0 Å². The molecule has 9 nitrogen and oxygen atoms in total. The number of aliphatic carboxylic acids is 1. The van der Waals surface area contributed by atoms with Gasteiger partial charge in [-0.2, -0.15) is 0 Å². The van der Waals surface area contributed by atoms with Crippen LogP contribution in [0.4, 0.5) is 0 Å². The lowest BCUT2D eigenvalue weighted by Gasteiger charge is -2.42. The SMILES string of the molecule is C[N+](C)(C)C([O-])[C@@H](CC(=O)O)OP(=O)(O)OCCCCCCCOc1cccc2ccccc12. The van der Waals surface area contributed by atoms with Crippen LogP contribution in [0, 0.1) is 0 Å². The molecule has 0 aliphatic heterocycles. The first-order chi connectivity index (χ1) is 16.0. The highest BCUT2D eigenvalue weighted by atomic mass is 31.2. The quantitative estimate of drug-likeness (QED) is 0.156. The topological polar surface area (TPSA) is 125 Å². The lowest BCUT2D eigenvalue weighted by Crippen LogP contribution is -2.60. The Hall–Kier alpha value is -2.00. The zero-order chi connectivity index (χ0) is 25.2. The van der Waals surface area contributed by atoms with Gasteiger partial charge < -0.3 is 24.3 Å². The van der Waals surface area contributed by atoms with Gasteiger partial charge in [-0.25, -0.2) is 4.57 Å². The third kappa shape index (κ3) is 9.70. The van der Waals surface area contributed by atoms with Gasteiger partial charge in [-0.3, -0.25) is 13.8 Å². The summed E-state index contributed by atoms with van der Waals surface area (Å²) in [4.78, 5) is 21.0. The standard InChI is InChI=1S/C24H36NO8P/c1-25(2,3)24(28)22(18-23(26)27)33-34(29,30)32-17-10-6-4-5-9-16-31-21-15-11-13-19-12-7-8-14-20(19)21/h7-8,11-15,22,24H,4-6,9-10,16-18H2,1-3H3,(H,26,27)(H,29,30)/t22-,24?/m1/s1. The van der Waals surface area contributed by atoms with Crippen LogP contribution in [0.3, 0.4) is 0 Å². The van der Waals surface area contributed by atoms with E-state index in [0.717, 1.165) is 42.2 Å². The van der Waals surface area contributed by atoms with Crippen LogP contribution < -0.4 is 9.84 Å². The van der Waals surface area contributed by atoms with E-state index in [4.69, 9.17) is 18.9 Å². The third-order valence-electron chi connectivity index (χ3n) is 5.28. The summed E-state index contributed by atoms with van der Waals surface area (Å²) in [5.74, 6) is -0.416. The molecule has 3 atom stereocenters. The second kappa shape index (κ2) is 13.2. The van der Waals surface area contributed by atoms with Gasteiger partial charge in [0.2, 0.25) is 0 Å². The van der Waals surface area contributed by atoms with Crippen LogP contribution in [-0.2, 0) is 18.4 Å². The van der Waals surface area contributed by atoms with Crippen molar-refractivity contribution in [1.82, 2.24) is 0 Å². The molecule has 2 N–H and O–H groups in total. The number of likely N-dealkylation sites (N-methyl/N-ethyl adjacent to an activating group) is 1. The molecular weight excluding hydrogens is 461 g/mol. The summed E-state index contributed by atoms with van der Waals surface area (Å²) in [5.41, 5.74) is 0. The maximum absolute atomic E-state index is 12.4. The second-order valence-corrected chi connectivity index (χ2v) is 10.5. The number of carboxylic acid groups (broad SMARTS) is 1. The number of phosphoric ester groups is 1. The van der Waals surface area contributed by atoms with Gasteiger partial charge in [0.15, 0.2) is 0 Å². The van der Waals surface area contributed by atoms with Crippen molar-refractivity contribution in [3.05, 3.63) is 42.5 Å². The Kier molecular flexibility index (Phi) is 11.0. The molecule has 2 rings (SSSR count). The Morgan fingerprint density at radius 1 is 1.00 bits per heavy atom. The van der Waals surface area contributed by atoms with E-state index in [1.54, 1.807) is 21.1 Å². The first-order valence-corrected chi connectivity index (χ1v) is 12.9. The van der Waals surface area contributed by atoms with Gasteiger partial charge in [0.1, 0.15) is 11.9 Å². The number of quaternary nitrogens is 1. The van der Waals surface area contributed by atoms with Crippen LogP contribution in [0.15, 0.2) is 42.5 Å². The second-order valence-electron chi connectivity index (χ2n) is 9.14. The number of hydrogen-bond donors (Lipinski definition) is 2. The predicted octanol–water partition coefficient (Wildman–Crippen LogP) is 3.54. The Bertz CT molecular complexity index is 956. The van der Waals surface area contributed by atoms with E-state index in [9.17, 15) is 19.4 Å². The maximum Gasteiger partial charge on any atom is 0.472 e. The fourth-order valence-electron chi connectivity index (χ4n) is 3.48. The molecule has 10 heteroatoms. The average Bonchev–Trinajstić information content (AvgIpc) is 2.76. The number of nitrogens with zero attached hydrogens (tertiary/aromatic N) is 1. The smallest absolute Gasteiger partial charge is 0.472 e. The van der Waals surface area contributed by atoms with Crippen molar-refractivity contribution < 1.29 is 42.7 Å². The first-order valence-electron chi connectivity index (χ1n) is 11.4. The summed E-state index contributed by atoms with van der Waals surface area (Å²) >= 11 is 0. The monoisotopic (exact) mass is 497 g/mol. The maximum atomic E-state index is 12.4. The number of hydrogen-bond acceptors (Lipinski definition) is 6. The lowest BCUT2D eigenvalue weighted by molar-refractivity contribution is -0.973. The van der Waals surface area contributed by atoms with Crippen molar-refractivity contribution in [3.63, 3.8) is 0 Å². The van der Waals surface area contributed by atoms with E-state index < -0.39 is 32.5 Å². The molecule has 0 bridgehead atoms. The highest BCUT2D eigenvalue weighted by molar-refractivity contribution is 7.47. The highest BCUT2D eigenvalue weighted by Crippen LogP contribution is 2.45. The predicted molar refractivity (Wildman–Crippen MR) is 127 cm³/mol. The molecule has 0 radical (unpaired) electrons. The molecule has 0 fully saturated rings. The minimum Gasteiger partial charge on any atom is -0.804 e. The summed E-state index contributed by atoms with van der Waals surface area (Å²) in [6.45, 7) is 0.589. The fourth-order valence-corrected chi connectivity index (χ4v) is 4.42. The number of unbranched alkanes of at least 4 members (excludes halogenated alkanes) is 4. The summed E-state index contributed by atoms with van der Waals surface area (Å²) in [6.07, 6.45) is 0.335. The molecule has 0 saturated heterocycles. The molecule has 0 amide bonds. The highest BCUT2D eigenvalue weighted by Gasteiger charge is 2.34. The Morgan fingerprint density at radius 3 is 2.29 bits per heavy atom. The normalized spacial score (nSPS) is 15.6. The zero-order valence-corrected chi connectivity index (χ0v) is 21.0. The molecule has 190 valence electrons. The number of rotatable bonds is 16. The molecule has 0 aromatic heterocycles. The van der Waals surface area contributed by atoms with Crippen molar-refractivity contribution in [3.8, 4) is 5.75 Å². The molecule has 0 spiro atoms. The Balaban J connectivity index is 1.64. The molecule has 0 aliphatic carbocycles. The largest absolute Gasteiger partial charge is 0.804 e. The fraction of sp³-hybridized carbons (Fsp3) is 0.542. The van der Waals surface area contributed by atoms with Gasteiger partial charge in [-0.15, -0.1) is 0 Å². The van der Waals surface area contributed by atoms with E-state index in [1.807, 2.05) is 30.3 Å². The molecule has 2 unspecified atom stereocenters. The molecule has 2 aromatic carbocycles. The van der Waals surface area contributed by atoms with Crippen molar-refractivity contribution in [1.29, 1.82) is 0 Å². The summed E-state index contributed by atoms with van der Waals surface area (Å²) in [5, 5.41) is 23.6. The van der Waals surface area contributed by atoms with Crippen LogP contribution in [-0.4, -0.2) is 67.1 Å². The zero-order valence-electron chi connectivity index (χ0n) is 20.1. The van der Waals surface area contributed by atoms with Gasteiger partial charge in [-0.05, 0) is 24.3 Å². The number of fused-ring (bicyclic) bond motifs is 1. The van der Waals surface area contributed by atoms with Crippen molar-refractivity contribution in [2.75, 3.05) is 34.4 Å². The third-order valence-corrected chi connectivity index (χ3v) is 6.32. The molecule has 34 heavy (non-hydrogen) atoms. The van der Waals surface area contributed by atoms with Crippen molar-refractivity contribution in [2.45, 2.75) is 50.9 Å². The number of phosphoric acid groups is 1. The van der Waals surface area contributed by atoms with Gasteiger partial charge in [0.05, 0.1) is 40.8 Å². The minimum atomic E-state index is -4.54. The minimum absolute atomic E-state index is 0.0199. The number of carbonyl (C=O) groups is 1. The van der Waals surface area contributed by atoms with E-state index in [0.29, 0.717) is 13.0 Å². The first kappa shape index (κ1) is 28.2.